The Bertz CT molecular complexity index is 761. The van der Waals surface area contributed by atoms with E-state index >= 15 is 0 Å². The van der Waals surface area contributed by atoms with Gasteiger partial charge in [0.25, 0.3) is 0 Å². The Morgan fingerprint density at radius 2 is 1.83 bits per heavy atom. The molecule has 5 unspecified atom stereocenters. The van der Waals surface area contributed by atoms with Gasteiger partial charge in [-0.05, 0) is 24.3 Å². The van der Waals surface area contributed by atoms with Crippen molar-refractivity contribution in [3.05, 3.63) is 41.5 Å². The van der Waals surface area contributed by atoms with Gasteiger partial charge in [0.15, 0.2) is 11.6 Å². The number of hydrogen-bond donors (Lipinski definition) is 1. The zero-order valence-electron chi connectivity index (χ0n) is 12.9. The van der Waals surface area contributed by atoms with Crippen LogP contribution in [0.15, 0.2) is 30.4 Å². The zero-order chi connectivity index (χ0) is 16.3. The molecule has 0 heterocycles. The number of aromatic hydroxyl groups is 1. The third-order valence-electron chi connectivity index (χ3n) is 5.56. The van der Waals surface area contributed by atoms with Crippen LogP contribution < -0.4 is 0 Å². The number of hydrogen-bond acceptors (Lipinski definition) is 4. The molecule has 0 amide bonds. The Labute approximate surface area is 134 Å². The van der Waals surface area contributed by atoms with Crippen molar-refractivity contribution in [2.75, 3.05) is 0 Å². The normalized spacial score (nSPS) is 35.5. The van der Waals surface area contributed by atoms with E-state index in [1.807, 2.05) is 6.08 Å². The van der Waals surface area contributed by atoms with Gasteiger partial charge < -0.3 is 5.11 Å². The first kappa shape index (κ1) is 14.4. The second-order valence-electron chi connectivity index (χ2n) is 7.07. The molecule has 118 valence electrons. The highest BCUT2D eigenvalue weighted by molar-refractivity contribution is 6.19. The van der Waals surface area contributed by atoms with Crippen LogP contribution in [0.1, 0.15) is 40.5 Å². The van der Waals surface area contributed by atoms with Crippen LogP contribution in [0.25, 0.3) is 0 Å². The van der Waals surface area contributed by atoms with E-state index in [1.165, 1.54) is 6.07 Å². The number of fused-ring (bicyclic) bond motifs is 4. The summed E-state index contributed by atoms with van der Waals surface area (Å²) in [5, 5.41) is 9.99. The zero-order valence-corrected chi connectivity index (χ0v) is 12.9. The first-order valence-electron chi connectivity index (χ1n) is 8.10. The van der Waals surface area contributed by atoms with Crippen LogP contribution >= 0.6 is 0 Å². The minimum Gasteiger partial charge on any atom is -0.507 e. The minimum atomic E-state index is -0.623. The van der Waals surface area contributed by atoms with Gasteiger partial charge in [-0.3, -0.25) is 14.4 Å². The third-order valence-corrected chi connectivity index (χ3v) is 5.56. The van der Waals surface area contributed by atoms with Gasteiger partial charge in [-0.2, -0.15) is 0 Å². The summed E-state index contributed by atoms with van der Waals surface area (Å²) in [4.78, 5) is 38.3. The molecule has 1 fully saturated rings. The lowest BCUT2D eigenvalue weighted by molar-refractivity contribution is -0.129. The molecule has 3 aliphatic carbocycles. The number of rotatable bonds is 0. The lowest BCUT2D eigenvalue weighted by Crippen LogP contribution is -2.49. The number of phenols is 1. The Morgan fingerprint density at radius 3 is 2.61 bits per heavy atom. The summed E-state index contributed by atoms with van der Waals surface area (Å²) in [5.74, 6) is -1.75. The van der Waals surface area contributed by atoms with E-state index in [-0.39, 0.29) is 40.1 Å². The molecule has 0 radical (unpaired) electrons. The van der Waals surface area contributed by atoms with Crippen molar-refractivity contribution in [2.45, 2.75) is 19.8 Å². The number of Topliss-reactive ketones (excluding diaryl/α,β-unsaturated/α-hetero) is 3. The molecular formula is C19H18O4. The lowest BCUT2D eigenvalue weighted by atomic mass is 9.57. The molecule has 4 heteroatoms. The molecule has 3 aliphatic rings. The molecule has 1 aromatic carbocycles. The molecule has 23 heavy (non-hydrogen) atoms. The van der Waals surface area contributed by atoms with E-state index < -0.39 is 17.8 Å². The molecule has 0 aliphatic heterocycles. The standard InChI is InChI=1S/C19H18O4/c1-9-7-10-5-6-12-17(15(10)14(21)8-9)19(23)11-3-2-4-13(20)16(11)18(12)22/h2-6,9-10,12,15,17,20H,7-8H2,1H3. The molecule has 1 aromatic rings. The van der Waals surface area contributed by atoms with Crippen LogP contribution in [0.3, 0.4) is 0 Å². The van der Waals surface area contributed by atoms with Gasteiger partial charge in [0, 0.05) is 23.8 Å². The average molecular weight is 310 g/mol. The molecule has 4 nitrogen and oxygen atoms in total. The number of allylic oxidation sites excluding steroid dienone is 2. The van der Waals surface area contributed by atoms with Gasteiger partial charge in [-0.15, -0.1) is 0 Å². The van der Waals surface area contributed by atoms with Crippen molar-refractivity contribution in [2.24, 2.45) is 29.6 Å². The maximum atomic E-state index is 13.0. The molecule has 1 N–H and O–H groups in total. The summed E-state index contributed by atoms with van der Waals surface area (Å²) in [6, 6.07) is 4.57. The van der Waals surface area contributed by atoms with Crippen molar-refractivity contribution in [3.8, 4) is 5.75 Å². The summed E-state index contributed by atoms with van der Waals surface area (Å²) in [5.41, 5.74) is 0.371. The third kappa shape index (κ3) is 1.94. The largest absolute Gasteiger partial charge is 0.507 e. The number of phenolic OH excluding ortho intramolecular Hbond substituents is 1. The highest BCUT2D eigenvalue weighted by Gasteiger charge is 2.52. The van der Waals surface area contributed by atoms with E-state index in [0.29, 0.717) is 12.3 Å². The van der Waals surface area contributed by atoms with Gasteiger partial charge in [0.2, 0.25) is 0 Å². The van der Waals surface area contributed by atoms with E-state index in [0.717, 1.165) is 6.42 Å². The number of carbonyl (C=O) groups is 3. The predicted molar refractivity (Wildman–Crippen MR) is 83.3 cm³/mol. The van der Waals surface area contributed by atoms with Crippen molar-refractivity contribution in [3.63, 3.8) is 0 Å². The topological polar surface area (TPSA) is 71.4 Å². The smallest absolute Gasteiger partial charge is 0.174 e. The highest BCUT2D eigenvalue weighted by atomic mass is 16.3. The molecule has 4 rings (SSSR count). The lowest BCUT2D eigenvalue weighted by Gasteiger charge is -2.43. The van der Waals surface area contributed by atoms with Crippen molar-refractivity contribution >= 4 is 17.3 Å². The van der Waals surface area contributed by atoms with Crippen LogP contribution in [0.4, 0.5) is 0 Å². The SMILES string of the molecule is CC1CC(=O)C2C(C=CC3C(=O)c4c(O)cccc4C(=O)C32)C1. The molecule has 5 atom stereocenters. The maximum Gasteiger partial charge on any atom is 0.174 e. The second kappa shape index (κ2) is 4.88. The molecule has 0 spiro atoms. The fourth-order valence-electron chi connectivity index (χ4n) is 4.61. The first-order valence-corrected chi connectivity index (χ1v) is 8.10. The monoisotopic (exact) mass is 310 g/mol. The summed E-state index contributed by atoms with van der Waals surface area (Å²) in [6.45, 7) is 2.05. The second-order valence-corrected chi connectivity index (χ2v) is 7.07. The van der Waals surface area contributed by atoms with Crippen LogP contribution in [0.2, 0.25) is 0 Å². The van der Waals surface area contributed by atoms with Gasteiger partial charge in [-0.1, -0.05) is 31.2 Å². The van der Waals surface area contributed by atoms with Gasteiger partial charge >= 0.3 is 0 Å². The minimum absolute atomic E-state index is 0.0445. The Hall–Kier alpha value is -2.23. The van der Waals surface area contributed by atoms with Gasteiger partial charge in [-0.25, -0.2) is 0 Å². The van der Waals surface area contributed by atoms with Gasteiger partial charge in [0.1, 0.15) is 11.5 Å². The van der Waals surface area contributed by atoms with Crippen molar-refractivity contribution in [1.29, 1.82) is 0 Å². The predicted octanol–water partition coefficient (Wildman–Crippen LogP) is 2.80. The fourth-order valence-corrected chi connectivity index (χ4v) is 4.61. The maximum absolute atomic E-state index is 13.0. The molecule has 1 saturated carbocycles. The van der Waals surface area contributed by atoms with Crippen LogP contribution in [0.5, 0.6) is 5.75 Å². The van der Waals surface area contributed by atoms with E-state index in [9.17, 15) is 19.5 Å². The van der Waals surface area contributed by atoms with Crippen LogP contribution in [-0.2, 0) is 4.79 Å². The van der Waals surface area contributed by atoms with Crippen LogP contribution in [-0.4, -0.2) is 22.5 Å². The Kier molecular flexibility index (Phi) is 3.05. The first-order chi connectivity index (χ1) is 11.0. The van der Waals surface area contributed by atoms with Crippen LogP contribution in [0, 0.1) is 29.6 Å². The number of benzene rings is 1. The summed E-state index contributed by atoms with van der Waals surface area (Å²) in [7, 11) is 0. The Balaban J connectivity index is 1.86. The molecule has 0 saturated heterocycles. The van der Waals surface area contributed by atoms with Crippen molar-refractivity contribution in [1.82, 2.24) is 0 Å². The van der Waals surface area contributed by atoms with E-state index in [2.05, 4.69) is 6.92 Å². The molecular weight excluding hydrogens is 292 g/mol. The quantitative estimate of drug-likeness (QED) is 0.748. The summed E-state index contributed by atoms with van der Waals surface area (Å²) in [6.07, 6.45) is 5.08. The summed E-state index contributed by atoms with van der Waals surface area (Å²) < 4.78 is 0. The van der Waals surface area contributed by atoms with E-state index in [1.54, 1.807) is 18.2 Å². The molecule has 0 bridgehead atoms. The summed E-state index contributed by atoms with van der Waals surface area (Å²) >= 11 is 0. The van der Waals surface area contributed by atoms with Gasteiger partial charge in [0.05, 0.1) is 11.5 Å². The Morgan fingerprint density at radius 1 is 1.04 bits per heavy atom. The fraction of sp³-hybridized carbons (Fsp3) is 0.421. The van der Waals surface area contributed by atoms with Crippen molar-refractivity contribution < 1.29 is 19.5 Å². The highest BCUT2D eigenvalue weighted by Crippen LogP contribution is 2.48. The number of carbonyl (C=O) groups excluding carboxylic acids is 3. The average Bonchev–Trinajstić information content (AvgIpc) is 2.51. The van der Waals surface area contributed by atoms with E-state index in [4.69, 9.17) is 0 Å². The number of ketones is 3. The molecule has 0 aromatic heterocycles.